The Morgan fingerprint density at radius 2 is 0.870 bits per heavy atom. The summed E-state index contributed by atoms with van der Waals surface area (Å²) in [4.78, 5) is 0. The molecule has 23 heavy (non-hydrogen) atoms. The number of rotatable bonds is 8. The van der Waals surface area contributed by atoms with Gasteiger partial charge in [-0.1, -0.05) is 26.7 Å². The van der Waals surface area contributed by atoms with Crippen molar-refractivity contribution in [2.45, 2.75) is 75.9 Å². The SMILES string of the molecule is CCCC(OC(CCC)C(F)(F)C(F)(F)F)C(F)(F)C(F)(F)F. The summed E-state index contributed by atoms with van der Waals surface area (Å²) in [6, 6.07) is 0. The summed E-state index contributed by atoms with van der Waals surface area (Å²) in [7, 11) is 0. The smallest absolute Gasteiger partial charge is 0.362 e. The van der Waals surface area contributed by atoms with Gasteiger partial charge in [0.05, 0.1) is 0 Å². The quantitative estimate of drug-likeness (QED) is 0.498. The van der Waals surface area contributed by atoms with Crippen molar-refractivity contribution in [2.24, 2.45) is 0 Å². The molecule has 0 saturated carbocycles. The molecule has 0 rings (SSSR count). The third-order valence-electron chi connectivity index (χ3n) is 2.99. The molecule has 0 fully saturated rings. The molecule has 0 spiro atoms. The summed E-state index contributed by atoms with van der Waals surface area (Å²) in [5, 5.41) is 0. The normalized spacial score (nSPS) is 17.2. The topological polar surface area (TPSA) is 9.23 Å². The van der Waals surface area contributed by atoms with Gasteiger partial charge >= 0.3 is 24.2 Å². The van der Waals surface area contributed by atoms with E-state index < -0.39 is 49.2 Å². The average Bonchev–Trinajstić information content (AvgIpc) is 2.34. The first-order valence-corrected chi connectivity index (χ1v) is 6.67. The van der Waals surface area contributed by atoms with Crippen LogP contribution in [0, 0.1) is 0 Å². The maximum atomic E-state index is 13.3. The lowest BCUT2D eigenvalue weighted by molar-refractivity contribution is -0.358. The molecule has 0 aromatic carbocycles. The van der Waals surface area contributed by atoms with E-state index >= 15 is 0 Å². The minimum absolute atomic E-state index is 0.327. The van der Waals surface area contributed by atoms with Crippen LogP contribution in [0.25, 0.3) is 0 Å². The van der Waals surface area contributed by atoms with Gasteiger partial charge < -0.3 is 4.74 Å². The highest BCUT2D eigenvalue weighted by molar-refractivity contribution is 4.91. The van der Waals surface area contributed by atoms with Gasteiger partial charge in [0.2, 0.25) is 0 Å². The fraction of sp³-hybridized carbons (Fsp3) is 1.00. The first-order valence-electron chi connectivity index (χ1n) is 6.67. The summed E-state index contributed by atoms with van der Waals surface area (Å²) in [6.07, 6.45) is -21.2. The fourth-order valence-electron chi connectivity index (χ4n) is 1.76. The number of alkyl halides is 10. The molecule has 0 saturated heterocycles. The van der Waals surface area contributed by atoms with Crippen molar-refractivity contribution in [3.8, 4) is 0 Å². The molecule has 2 atom stereocenters. The van der Waals surface area contributed by atoms with Gasteiger partial charge in [-0.15, -0.1) is 0 Å². The Bertz CT molecular complexity index is 326. The van der Waals surface area contributed by atoms with Crippen LogP contribution in [0.1, 0.15) is 39.5 Å². The van der Waals surface area contributed by atoms with Gasteiger partial charge in [-0.2, -0.15) is 43.9 Å². The zero-order chi connectivity index (χ0) is 18.7. The summed E-state index contributed by atoms with van der Waals surface area (Å²) >= 11 is 0. The van der Waals surface area contributed by atoms with E-state index in [1.807, 2.05) is 0 Å². The molecular weight excluding hydrogens is 350 g/mol. The van der Waals surface area contributed by atoms with E-state index in [-0.39, 0.29) is 12.8 Å². The van der Waals surface area contributed by atoms with Crippen molar-refractivity contribution in [3.63, 3.8) is 0 Å². The minimum Gasteiger partial charge on any atom is -0.362 e. The van der Waals surface area contributed by atoms with Crippen LogP contribution in [0.2, 0.25) is 0 Å². The minimum atomic E-state index is -6.13. The average molecular weight is 366 g/mol. The molecule has 140 valence electrons. The first-order chi connectivity index (χ1) is 10.1. The lowest BCUT2D eigenvalue weighted by atomic mass is 10.0. The standard InChI is InChI=1S/C12H16F10O/c1-3-5-7(9(13,14)11(17,18)19)23-8(6-4-2)10(15,16)12(20,21)22/h7-8H,3-6H2,1-2H3. The van der Waals surface area contributed by atoms with Crippen LogP contribution in [0.5, 0.6) is 0 Å². The molecular formula is C12H16F10O. The zero-order valence-electron chi connectivity index (χ0n) is 12.2. The summed E-state index contributed by atoms with van der Waals surface area (Å²) < 4.78 is 131. The van der Waals surface area contributed by atoms with E-state index in [4.69, 9.17) is 0 Å². The van der Waals surface area contributed by atoms with Crippen LogP contribution >= 0.6 is 0 Å². The maximum absolute atomic E-state index is 13.3. The van der Waals surface area contributed by atoms with E-state index in [2.05, 4.69) is 4.74 Å². The summed E-state index contributed by atoms with van der Waals surface area (Å²) in [5.41, 5.74) is 0. The van der Waals surface area contributed by atoms with Gasteiger partial charge in [-0.3, -0.25) is 0 Å². The third-order valence-corrected chi connectivity index (χ3v) is 2.99. The van der Waals surface area contributed by atoms with Gasteiger partial charge in [0.15, 0.2) is 0 Å². The summed E-state index contributed by atoms with van der Waals surface area (Å²) in [6.45, 7) is 2.33. The van der Waals surface area contributed by atoms with Gasteiger partial charge in [-0.25, -0.2) is 0 Å². The predicted octanol–water partition coefficient (Wildman–Crippen LogP) is 5.74. The second-order valence-electron chi connectivity index (χ2n) is 4.93. The second-order valence-corrected chi connectivity index (χ2v) is 4.93. The van der Waals surface area contributed by atoms with E-state index in [0.717, 1.165) is 0 Å². The van der Waals surface area contributed by atoms with Crippen LogP contribution < -0.4 is 0 Å². The van der Waals surface area contributed by atoms with Crippen molar-refractivity contribution >= 4 is 0 Å². The highest BCUT2D eigenvalue weighted by atomic mass is 19.4. The van der Waals surface area contributed by atoms with Gasteiger partial charge in [-0.05, 0) is 12.8 Å². The Labute approximate surface area is 126 Å². The Kier molecular flexibility index (Phi) is 7.20. The molecule has 11 heteroatoms. The van der Waals surface area contributed by atoms with Crippen LogP contribution in [0.4, 0.5) is 43.9 Å². The van der Waals surface area contributed by atoms with Crippen LogP contribution in [0.15, 0.2) is 0 Å². The summed E-state index contributed by atoms with van der Waals surface area (Å²) in [5.74, 6) is -11.1. The molecule has 0 aliphatic carbocycles. The molecule has 0 aromatic heterocycles. The van der Waals surface area contributed by atoms with Crippen molar-refractivity contribution in [1.29, 1.82) is 0 Å². The number of hydrogen-bond donors (Lipinski definition) is 0. The lowest BCUT2D eigenvalue weighted by Crippen LogP contribution is -2.55. The highest BCUT2D eigenvalue weighted by Crippen LogP contribution is 2.45. The Hall–Kier alpha value is -0.740. The molecule has 0 heterocycles. The first kappa shape index (κ1) is 22.3. The molecule has 2 unspecified atom stereocenters. The monoisotopic (exact) mass is 366 g/mol. The highest BCUT2D eigenvalue weighted by Gasteiger charge is 2.67. The Morgan fingerprint density at radius 3 is 1.04 bits per heavy atom. The van der Waals surface area contributed by atoms with E-state index in [0.29, 0.717) is 0 Å². The Morgan fingerprint density at radius 1 is 0.609 bits per heavy atom. The molecule has 0 bridgehead atoms. The molecule has 0 aromatic rings. The molecule has 0 N–H and O–H groups in total. The third kappa shape index (κ3) is 5.12. The number of ether oxygens (including phenoxy) is 1. The van der Waals surface area contributed by atoms with Crippen LogP contribution in [-0.2, 0) is 4.74 Å². The van der Waals surface area contributed by atoms with Crippen LogP contribution in [-0.4, -0.2) is 36.4 Å². The van der Waals surface area contributed by atoms with Crippen molar-refractivity contribution < 1.29 is 48.6 Å². The zero-order valence-corrected chi connectivity index (χ0v) is 12.2. The van der Waals surface area contributed by atoms with E-state index in [9.17, 15) is 43.9 Å². The van der Waals surface area contributed by atoms with E-state index in [1.54, 1.807) is 0 Å². The molecule has 1 nitrogen and oxygen atoms in total. The largest absolute Gasteiger partial charge is 0.456 e. The number of hydrogen-bond acceptors (Lipinski definition) is 1. The number of halogens is 10. The molecule has 0 aliphatic heterocycles. The van der Waals surface area contributed by atoms with Crippen molar-refractivity contribution in [3.05, 3.63) is 0 Å². The van der Waals surface area contributed by atoms with Gasteiger partial charge in [0.25, 0.3) is 0 Å². The van der Waals surface area contributed by atoms with Crippen molar-refractivity contribution in [1.82, 2.24) is 0 Å². The Balaban J connectivity index is 5.59. The lowest BCUT2D eigenvalue weighted by Gasteiger charge is -2.35. The van der Waals surface area contributed by atoms with Crippen molar-refractivity contribution in [2.75, 3.05) is 0 Å². The molecule has 0 amide bonds. The maximum Gasteiger partial charge on any atom is 0.456 e. The predicted molar refractivity (Wildman–Crippen MR) is 60.5 cm³/mol. The van der Waals surface area contributed by atoms with Gasteiger partial charge in [0.1, 0.15) is 12.2 Å². The molecule has 0 aliphatic rings. The molecule has 0 radical (unpaired) electrons. The fourth-order valence-corrected chi connectivity index (χ4v) is 1.76. The second kappa shape index (κ2) is 7.43. The van der Waals surface area contributed by atoms with E-state index in [1.165, 1.54) is 13.8 Å². The van der Waals surface area contributed by atoms with Gasteiger partial charge in [0, 0.05) is 0 Å². The van der Waals surface area contributed by atoms with Crippen LogP contribution in [0.3, 0.4) is 0 Å².